The summed E-state index contributed by atoms with van der Waals surface area (Å²) in [5.41, 5.74) is 2.07. The molecule has 0 atom stereocenters. The van der Waals surface area contributed by atoms with Crippen LogP contribution >= 0.6 is 0 Å². The second-order valence-electron chi connectivity index (χ2n) is 4.93. The van der Waals surface area contributed by atoms with Crippen molar-refractivity contribution in [1.29, 1.82) is 0 Å². The first-order valence-corrected chi connectivity index (χ1v) is 7.23. The number of carboxylic acids is 1. The second-order valence-corrected chi connectivity index (χ2v) is 4.93. The van der Waals surface area contributed by atoms with Crippen LogP contribution in [0.25, 0.3) is 0 Å². The van der Waals surface area contributed by atoms with Crippen molar-refractivity contribution in [2.75, 3.05) is 18.0 Å². The van der Waals surface area contributed by atoms with Gasteiger partial charge in [-0.05, 0) is 30.5 Å². The smallest absolute Gasteiger partial charge is 0.307 e. The standard InChI is InChI=1S/C16H25NO2/c1-3-5-11-17(12-6-4-2)15-9-7-14(8-10-15)13-16(18)19/h7-10H,3-6,11-13H2,1-2H3,(H,18,19). The van der Waals surface area contributed by atoms with Crippen molar-refractivity contribution in [2.24, 2.45) is 0 Å². The Kier molecular flexibility index (Phi) is 7.01. The largest absolute Gasteiger partial charge is 0.481 e. The zero-order valence-corrected chi connectivity index (χ0v) is 12.1. The minimum atomic E-state index is -0.776. The van der Waals surface area contributed by atoms with E-state index in [1.807, 2.05) is 24.3 Å². The number of nitrogens with zero attached hydrogens (tertiary/aromatic N) is 1. The highest BCUT2D eigenvalue weighted by Gasteiger charge is 2.06. The van der Waals surface area contributed by atoms with Crippen LogP contribution in [-0.2, 0) is 11.2 Å². The van der Waals surface area contributed by atoms with Crippen molar-refractivity contribution in [2.45, 2.75) is 46.0 Å². The quantitative estimate of drug-likeness (QED) is 0.738. The van der Waals surface area contributed by atoms with Crippen LogP contribution in [0.2, 0.25) is 0 Å². The number of hydrogen-bond acceptors (Lipinski definition) is 2. The summed E-state index contributed by atoms with van der Waals surface area (Å²) in [6.45, 7) is 6.56. The Labute approximate surface area is 116 Å². The molecule has 0 saturated heterocycles. The van der Waals surface area contributed by atoms with Crippen LogP contribution in [0.4, 0.5) is 5.69 Å². The Bertz CT molecular complexity index is 365. The summed E-state index contributed by atoms with van der Waals surface area (Å²) in [6.07, 6.45) is 4.88. The number of hydrogen-bond donors (Lipinski definition) is 1. The lowest BCUT2D eigenvalue weighted by molar-refractivity contribution is -0.136. The van der Waals surface area contributed by atoms with Gasteiger partial charge >= 0.3 is 5.97 Å². The van der Waals surface area contributed by atoms with Gasteiger partial charge in [-0.15, -0.1) is 0 Å². The molecule has 1 rings (SSSR count). The molecule has 1 aromatic carbocycles. The monoisotopic (exact) mass is 263 g/mol. The van der Waals surface area contributed by atoms with Gasteiger partial charge in [-0.3, -0.25) is 4.79 Å². The van der Waals surface area contributed by atoms with Crippen LogP contribution in [0.5, 0.6) is 0 Å². The third-order valence-electron chi connectivity index (χ3n) is 3.22. The maximum atomic E-state index is 10.7. The van der Waals surface area contributed by atoms with Crippen LogP contribution < -0.4 is 4.90 Å². The molecule has 0 saturated carbocycles. The van der Waals surface area contributed by atoms with Crippen LogP contribution in [0, 0.1) is 0 Å². The Hall–Kier alpha value is -1.51. The molecule has 3 heteroatoms. The first kappa shape index (κ1) is 15.5. The molecular formula is C16H25NO2. The molecule has 0 aliphatic rings. The van der Waals surface area contributed by atoms with Crippen LogP contribution in [-0.4, -0.2) is 24.2 Å². The van der Waals surface area contributed by atoms with Crippen LogP contribution in [0.1, 0.15) is 45.1 Å². The minimum absolute atomic E-state index is 0.101. The van der Waals surface area contributed by atoms with Crippen molar-refractivity contribution < 1.29 is 9.90 Å². The summed E-state index contributed by atoms with van der Waals surface area (Å²) in [6, 6.07) is 7.94. The molecule has 0 amide bonds. The summed E-state index contributed by atoms with van der Waals surface area (Å²) < 4.78 is 0. The average molecular weight is 263 g/mol. The Balaban J connectivity index is 2.68. The fourth-order valence-electron chi connectivity index (χ4n) is 2.07. The van der Waals surface area contributed by atoms with Crippen LogP contribution in [0.15, 0.2) is 24.3 Å². The van der Waals surface area contributed by atoms with Gasteiger partial charge in [0, 0.05) is 18.8 Å². The summed E-state index contributed by atoms with van der Waals surface area (Å²) >= 11 is 0. The molecule has 0 spiro atoms. The summed E-state index contributed by atoms with van der Waals surface area (Å²) in [7, 11) is 0. The molecule has 19 heavy (non-hydrogen) atoms. The molecule has 0 radical (unpaired) electrons. The number of carboxylic acid groups (broad SMARTS) is 1. The molecule has 0 fully saturated rings. The van der Waals surface area contributed by atoms with Crippen molar-refractivity contribution in [1.82, 2.24) is 0 Å². The van der Waals surface area contributed by atoms with Gasteiger partial charge in [0.15, 0.2) is 0 Å². The van der Waals surface area contributed by atoms with Gasteiger partial charge < -0.3 is 10.0 Å². The lowest BCUT2D eigenvalue weighted by atomic mass is 10.1. The highest BCUT2D eigenvalue weighted by molar-refractivity contribution is 5.70. The maximum absolute atomic E-state index is 10.7. The zero-order chi connectivity index (χ0) is 14.1. The van der Waals surface area contributed by atoms with Crippen molar-refractivity contribution in [3.05, 3.63) is 29.8 Å². The number of benzene rings is 1. The minimum Gasteiger partial charge on any atom is -0.481 e. The highest BCUT2D eigenvalue weighted by atomic mass is 16.4. The first-order chi connectivity index (χ1) is 9.17. The molecule has 0 unspecified atom stereocenters. The Morgan fingerprint density at radius 2 is 1.58 bits per heavy atom. The van der Waals surface area contributed by atoms with E-state index in [9.17, 15) is 4.79 Å². The van der Waals surface area contributed by atoms with Crippen molar-refractivity contribution in [3.63, 3.8) is 0 Å². The molecule has 1 N–H and O–H groups in total. The first-order valence-electron chi connectivity index (χ1n) is 7.23. The Morgan fingerprint density at radius 1 is 1.05 bits per heavy atom. The molecule has 0 bridgehead atoms. The van der Waals surface area contributed by atoms with Crippen LogP contribution in [0.3, 0.4) is 0 Å². The summed E-state index contributed by atoms with van der Waals surface area (Å²) in [5.74, 6) is -0.776. The molecular weight excluding hydrogens is 238 g/mol. The van der Waals surface area contributed by atoms with Gasteiger partial charge in [0.2, 0.25) is 0 Å². The van der Waals surface area contributed by atoms with Gasteiger partial charge in [-0.25, -0.2) is 0 Å². The molecule has 106 valence electrons. The summed E-state index contributed by atoms with van der Waals surface area (Å²) in [4.78, 5) is 13.1. The molecule has 3 nitrogen and oxygen atoms in total. The van der Waals surface area contributed by atoms with E-state index in [4.69, 9.17) is 5.11 Å². The van der Waals surface area contributed by atoms with E-state index in [-0.39, 0.29) is 6.42 Å². The number of anilines is 1. The van der Waals surface area contributed by atoms with E-state index in [0.29, 0.717) is 0 Å². The van der Waals surface area contributed by atoms with E-state index in [1.165, 1.54) is 31.4 Å². The number of unbranched alkanes of at least 4 members (excludes halogenated alkanes) is 2. The molecule has 0 aliphatic heterocycles. The van der Waals surface area contributed by atoms with Gasteiger partial charge in [0.1, 0.15) is 0 Å². The summed E-state index contributed by atoms with van der Waals surface area (Å²) in [5, 5.41) is 8.77. The van der Waals surface area contributed by atoms with E-state index in [2.05, 4.69) is 18.7 Å². The van der Waals surface area contributed by atoms with E-state index < -0.39 is 5.97 Å². The third-order valence-corrected chi connectivity index (χ3v) is 3.22. The number of carbonyl (C=O) groups is 1. The predicted molar refractivity (Wildman–Crippen MR) is 79.8 cm³/mol. The van der Waals surface area contributed by atoms with E-state index in [0.717, 1.165) is 18.7 Å². The number of rotatable bonds is 9. The lowest BCUT2D eigenvalue weighted by Gasteiger charge is -2.24. The molecule has 1 aromatic rings. The van der Waals surface area contributed by atoms with E-state index in [1.54, 1.807) is 0 Å². The van der Waals surface area contributed by atoms with E-state index >= 15 is 0 Å². The topological polar surface area (TPSA) is 40.5 Å². The fourth-order valence-corrected chi connectivity index (χ4v) is 2.07. The van der Waals surface area contributed by atoms with Gasteiger partial charge in [-0.2, -0.15) is 0 Å². The highest BCUT2D eigenvalue weighted by Crippen LogP contribution is 2.17. The molecule has 0 aromatic heterocycles. The van der Waals surface area contributed by atoms with Gasteiger partial charge in [0.05, 0.1) is 6.42 Å². The van der Waals surface area contributed by atoms with Gasteiger partial charge in [0.25, 0.3) is 0 Å². The normalized spacial score (nSPS) is 10.4. The third kappa shape index (κ3) is 5.77. The van der Waals surface area contributed by atoms with Crippen molar-refractivity contribution >= 4 is 11.7 Å². The predicted octanol–water partition coefficient (Wildman–Crippen LogP) is 3.72. The molecule has 0 heterocycles. The number of aliphatic carboxylic acids is 1. The Morgan fingerprint density at radius 3 is 2.00 bits per heavy atom. The lowest BCUT2D eigenvalue weighted by Crippen LogP contribution is -2.25. The SMILES string of the molecule is CCCCN(CCCC)c1ccc(CC(=O)O)cc1. The van der Waals surface area contributed by atoms with Crippen molar-refractivity contribution in [3.8, 4) is 0 Å². The average Bonchev–Trinajstić information content (AvgIpc) is 2.39. The molecule has 0 aliphatic carbocycles. The maximum Gasteiger partial charge on any atom is 0.307 e. The second kappa shape index (κ2) is 8.57. The fraction of sp³-hybridized carbons (Fsp3) is 0.562. The zero-order valence-electron chi connectivity index (χ0n) is 12.1. The van der Waals surface area contributed by atoms with Gasteiger partial charge in [-0.1, -0.05) is 38.8 Å².